The van der Waals surface area contributed by atoms with Crippen molar-refractivity contribution >= 4 is 28.4 Å². The Kier molecular flexibility index (Phi) is 8.14. The number of hydrogen-bond donors (Lipinski definition) is 2. The zero-order valence-corrected chi connectivity index (χ0v) is 25.7. The summed E-state index contributed by atoms with van der Waals surface area (Å²) in [5.74, 6) is 3.20. The van der Waals surface area contributed by atoms with Crippen molar-refractivity contribution in [1.29, 1.82) is 0 Å². The van der Waals surface area contributed by atoms with Crippen molar-refractivity contribution in [3.8, 4) is 45.0 Å². The molecule has 13 nitrogen and oxygen atoms in total. The average Bonchev–Trinajstić information content (AvgIpc) is 3.87. The molecule has 0 saturated heterocycles. The highest BCUT2D eigenvalue weighted by atomic mass is 32.2. The molecule has 1 atom stereocenters. The van der Waals surface area contributed by atoms with Crippen molar-refractivity contribution in [2.45, 2.75) is 5.16 Å². The molecule has 246 valence electrons. The maximum absolute atomic E-state index is 14.2. The van der Waals surface area contributed by atoms with E-state index in [9.17, 15) is 21.8 Å². The fraction of sp³-hybridized carbons (Fsp3) is 0.0323. The molecule has 49 heavy (non-hydrogen) atoms. The lowest BCUT2D eigenvalue weighted by atomic mass is 10.1. The number of benzene rings is 2. The molecule has 0 bridgehead atoms. The molecular weight excluding hydrogens is 668 g/mol. The number of aromatic nitrogens is 8. The van der Waals surface area contributed by atoms with Gasteiger partial charge in [0.15, 0.2) is 0 Å². The summed E-state index contributed by atoms with van der Waals surface area (Å²) >= 11 is 0. The van der Waals surface area contributed by atoms with Crippen LogP contribution in [0.1, 0.15) is 0 Å². The number of imidazole rings is 2. The van der Waals surface area contributed by atoms with Crippen LogP contribution in [0.5, 0.6) is 0 Å². The summed E-state index contributed by atoms with van der Waals surface area (Å²) in [7, 11) is -1.32. The summed E-state index contributed by atoms with van der Waals surface area (Å²) in [6.07, 6.45) is 13.6. The lowest BCUT2D eigenvalue weighted by Crippen LogP contribution is -2.10. The molecule has 8 aromatic rings. The summed E-state index contributed by atoms with van der Waals surface area (Å²) in [5, 5.41) is 0.186. The van der Waals surface area contributed by atoms with Gasteiger partial charge in [-0.25, -0.2) is 43.3 Å². The largest absolute Gasteiger partial charge is 0.432 e. The number of nitrogens with two attached hydrogens (primary N) is 1. The summed E-state index contributed by atoms with van der Waals surface area (Å²) in [6, 6.07) is 6.56. The van der Waals surface area contributed by atoms with Crippen molar-refractivity contribution in [2.24, 2.45) is 5.84 Å². The first kappa shape index (κ1) is 31.3. The van der Waals surface area contributed by atoms with Crippen LogP contribution in [0.25, 0.3) is 56.7 Å². The molecule has 0 radical (unpaired) electrons. The quantitative estimate of drug-likeness (QED) is 0.0954. The van der Waals surface area contributed by atoms with E-state index in [0.29, 0.717) is 28.2 Å². The van der Waals surface area contributed by atoms with Gasteiger partial charge in [-0.3, -0.25) is 18.4 Å². The summed E-state index contributed by atoms with van der Waals surface area (Å²) < 4.78 is 80.1. The Balaban J connectivity index is 0.000000154. The van der Waals surface area contributed by atoms with Gasteiger partial charge in [-0.1, -0.05) is 0 Å². The first-order valence-corrected chi connectivity index (χ1v) is 15.5. The van der Waals surface area contributed by atoms with Gasteiger partial charge in [0.2, 0.25) is 11.1 Å². The predicted octanol–water partition coefficient (Wildman–Crippen LogP) is 5.68. The van der Waals surface area contributed by atoms with Crippen LogP contribution >= 0.6 is 0 Å². The fourth-order valence-corrected chi connectivity index (χ4v) is 5.38. The van der Waals surface area contributed by atoms with Crippen LogP contribution in [0, 0.1) is 23.3 Å². The first-order chi connectivity index (χ1) is 23.7. The molecular formula is C31H20F4N10O3S. The van der Waals surface area contributed by atoms with Crippen molar-refractivity contribution in [1.82, 2.24) is 38.7 Å². The zero-order chi connectivity index (χ0) is 34.2. The van der Waals surface area contributed by atoms with Crippen molar-refractivity contribution < 1.29 is 30.6 Å². The van der Waals surface area contributed by atoms with Crippen molar-refractivity contribution in [2.75, 3.05) is 11.7 Å². The van der Waals surface area contributed by atoms with Crippen LogP contribution in [0.2, 0.25) is 0 Å². The molecule has 0 saturated carbocycles. The summed E-state index contributed by atoms with van der Waals surface area (Å²) in [5.41, 5.74) is 5.27. The maximum atomic E-state index is 14.2. The van der Waals surface area contributed by atoms with Gasteiger partial charge in [-0.05, 0) is 24.3 Å². The van der Waals surface area contributed by atoms with E-state index in [1.165, 1.54) is 61.8 Å². The van der Waals surface area contributed by atoms with Crippen LogP contribution in [-0.2, 0) is 10.8 Å². The highest BCUT2D eigenvalue weighted by molar-refractivity contribution is 7.84. The predicted molar refractivity (Wildman–Crippen MR) is 168 cm³/mol. The minimum Gasteiger partial charge on any atom is -0.432 e. The molecule has 1 unspecified atom stereocenters. The number of hydrazine groups is 1. The van der Waals surface area contributed by atoms with E-state index in [-0.39, 0.29) is 39.6 Å². The van der Waals surface area contributed by atoms with E-state index in [0.717, 1.165) is 18.2 Å². The third-order valence-electron chi connectivity index (χ3n) is 7.11. The van der Waals surface area contributed by atoms with Gasteiger partial charge in [0.1, 0.15) is 47.2 Å². The number of fused-ring (bicyclic) bond motifs is 2. The van der Waals surface area contributed by atoms with Crippen LogP contribution in [-0.4, -0.2) is 49.2 Å². The first-order valence-electron chi connectivity index (χ1n) is 14.0. The summed E-state index contributed by atoms with van der Waals surface area (Å²) in [6.45, 7) is 0. The second-order valence-electron chi connectivity index (χ2n) is 10.1. The Bertz CT molecular complexity index is 2480. The maximum Gasteiger partial charge on any atom is 0.306 e. The van der Waals surface area contributed by atoms with Gasteiger partial charge in [0, 0.05) is 77.8 Å². The molecule has 2 aromatic carbocycles. The van der Waals surface area contributed by atoms with Gasteiger partial charge in [0.05, 0.1) is 22.2 Å². The number of oxazole rings is 2. The number of rotatable bonds is 6. The molecule has 0 fully saturated rings. The Morgan fingerprint density at radius 3 is 1.57 bits per heavy atom. The van der Waals surface area contributed by atoms with Gasteiger partial charge in [-0.2, -0.15) is 9.97 Å². The van der Waals surface area contributed by atoms with E-state index in [1.807, 2.05) is 0 Å². The zero-order valence-electron chi connectivity index (χ0n) is 24.9. The average molecular weight is 689 g/mol. The van der Waals surface area contributed by atoms with Gasteiger partial charge in [0.25, 0.3) is 0 Å². The minimum atomic E-state index is -1.32. The molecule has 0 spiro atoms. The van der Waals surface area contributed by atoms with Crippen LogP contribution < -0.4 is 11.3 Å². The molecule has 0 aliphatic carbocycles. The van der Waals surface area contributed by atoms with E-state index < -0.39 is 34.1 Å². The third kappa shape index (κ3) is 5.89. The van der Waals surface area contributed by atoms with Crippen molar-refractivity contribution in [3.05, 3.63) is 109 Å². The number of anilines is 1. The standard InChI is InChI=1S/C16H10F2N4O2S.C15H10F2N6O/c1-25(23)15-19-7-9(8-20-15)14-13(21-16-22(14)4-5-24-16)11-3-2-10(17)6-12(11)18;16-9-1-2-10(11(17)5-9)12-13(23-3-4-24-15(23)21-12)8-6-19-14(22-18)20-7-8/h2-8H,1H3;1-7H,18H2,(H,19,20,22). The number of nitrogens with one attached hydrogen (secondary N) is 1. The smallest absolute Gasteiger partial charge is 0.306 e. The lowest BCUT2D eigenvalue weighted by Gasteiger charge is -2.06. The molecule has 0 aliphatic heterocycles. The Morgan fingerprint density at radius 1 is 0.714 bits per heavy atom. The number of nitrogen functional groups attached to an aromatic ring is 1. The minimum absolute atomic E-state index is 0.124. The number of halogens is 4. The van der Waals surface area contributed by atoms with E-state index >= 15 is 0 Å². The third-order valence-corrected chi connectivity index (χ3v) is 7.83. The normalized spacial score (nSPS) is 11.9. The Labute approximate surface area is 274 Å². The van der Waals surface area contributed by atoms with Gasteiger partial charge in [-0.15, -0.1) is 0 Å². The highest BCUT2D eigenvalue weighted by Gasteiger charge is 2.23. The molecule has 6 aromatic heterocycles. The molecule has 6 heterocycles. The molecule has 18 heteroatoms. The fourth-order valence-electron chi connectivity index (χ4n) is 4.97. The van der Waals surface area contributed by atoms with Crippen LogP contribution in [0.4, 0.5) is 23.5 Å². The second-order valence-corrected chi connectivity index (χ2v) is 11.4. The molecule has 0 amide bonds. The number of nitrogens with zero attached hydrogens (tertiary/aromatic N) is 8. The second kappa shape index (κ2) is 12.7. The van der Waals surface area contributed by atoms with Crippen LogP contribution in [0.3, 0.4) is 0 Å². The van der Waals surface area contributed by atoms with Crippen LogP contribution in [0.15, 0.2) is 100 Å². The van der Waals surface area contributed by atoms with Gasteiger partial charge < -0.3 is 8.83 Å². The molecule has 0 aliphatic rings. The monoisotopic (exact) mass is 688 g/mol. The van der Waals surface area contributed by atoms with Gasteiger partial charge >= 0.3 is 11.7 Å². The van der Waals surface area contributed by atoms with E-state index in [2.05, 4.69) is 35.3 Å². The SMILES string of the molecule is CS(=O)c1ncc(-c2c(-c3ccc(F)cc3F)nc3occn23)cn1.NNc1ncc(-c2c(-c3ccc(F)cc3F)nc3occn23)cn1. The Hall–Kier alpha value is -6.27. The lowest BCUT2D eigenvalue weighted by molar-refractivity contribution is 0.584. The Morgan fingerprint density at radius 2 is 1.16 bits per heavy atom. The van der Waals surface area contributed by atoms with Crippen molar-refractivity contribution in [3.63, 3.8) is 0 Å². The molecule has 8 rings (SSSR count). The molecule has 3 N–H and O–H groups in total. The van der Waals surface area contributed by atoms with E-state index in [4.69, 9.17) is 14.7 Å². The van der Waals surface area contributed by atoms with E-state index in [1.54, 1.807) is 21.2 Å². The highest BCUT2D eigenvalue weighted by Crippen LogP contribution is 2.35. The summed E-state index contributed by atoms with van der Waals surface area (Å²) in [4.78, 5) is 24.8. The number of hydrogen-bond acceptors (Lipinski definition) is 11. The topological polar surface area (TPSA) is 168 Å².